The molecule has 6 heteroatoms. The summed E-state index contributed by atoms with van der Waals surface area (Å²) >= 11 is 8.25. The number of nitrogens with zero attached hydrogens (tertiary/aromatic N) is 1. The summed E-state index contributed by atoms with van der Waals surface area (Å²) in [5.41, 5.74) is 0.991. The zero-order chi connectivity index (χ0) is 15.6. The van der Waals surface area contributed by atoms with E-state index in [1.165, 1.54) is 11.3 Å². The molecule has 112 valence electrons. The van der Waals surface area contributed by atoms with Gasteiger partial charge in [0, 0.05) is 17.1 Å². The minimum absolute atomic E-state index is 0.00944. The lowest BCUT2D eigenvalue weighted by atomic mass is 10.1. The molecule has 2 rings (SSSR count). The van der Waals surface area contributed by atoms with Crippen molar-refractivity contribution in [3.63, 3.8) is 0 Å². The lowest BCUT2D eigenvalue weighted by molar-refractivity contribution is 0.0746. The monoisotopic (exact) mass is 431 g/mol. The molecular formula is C15H15Br2NO2S. The number of carbonyl (C=O) groups is 1. The molecule has 3 nitrogen and oxygen atoms in total. The largest absolute Gasteiger partial charge is 0.496 e. The van der Waals surface area contributed by atoms with Crippen molar-refractivity contribution in [1.29, 1.82) is 0 Å². The van der Waals surface area contributed by atoms with Crippen LogP contribution in [-0.4, -0.2) is 25.0 Å². The highest BCUT2D eigenvalue weighted by Crippen LogP contribution is 2.35. The Balaban J connectivity index is 2.26. The summed E-state index contributed by atoms with van der Waals surface area (Å²) in [6.07, 6.45) is 0. The first-order valence-electron chi connectivity index (χ1n) is 6.30. The summed E-state index contributed by atoms with van der Waals surface area (Å²) in [7, 11) is 3.45. The van der Waals surface area contributed by atoms with Crippen LogP contribution in [0.25, 0.3) is 0 Å². The lowest BCUT2D eigenvalue weighted by Crippen LogP contribution is -2.29. The summed E-state index contributed by atoms with van der Waals surface area (Å²) in [4.78, 5) is 15.0. The quantitative estimate of drug-likeness (QED) is 0.671. The highest BCUT2D eigenvalue weighted by Gasteiger charge is 2.23. The van der Waals surface area contributed by atoms with E-state index in [1.807, 2.05) is 37.3 Å². The van der Waals surface area contributed by atoms with Crippen LogP contribution in [0, 0.1) is 0 Å². The van der Waals surface area contributed by atoms with E-state index in [4.69, 9.17) is 4.74 Å². The molecule has 1 aromatic carbocycles. The Morgan fingerprint density at radius 1 is 1.33 bits per heavy atom. The van der Waals surface area contributed by atoms with E-state index in [1.54, 1.807) is 19.1 Å². The number of hydrogen-bond donors (Lipinski definition) is 0. The fraction of sp³-hybridized carbons (Fsp3) is 0.267. The molecule has 0 unspecified atom stereocenters. The molecule has 0 saturated carbocycles. The van der Waals surface area contributed by atoms with Crippen molar-refractivity contribution in [2.45, 2.75) is 13.0 Å². The van der Waals surface area contributed by atoms with Gasteiger partial charge in [-0.2, -0.15) is 0 Å². The fourth-order valence-corrected chi connectivity index (χ4v) is 4.04. The highest BCUT2D eigenvalue weighted by atomic mass is 79.9. The van der Waals surface area contributed by atoms with Gasteiger partial charge in [0.15, 0.2) is 0 Å². The Morgan fingerprint density at radius 3 is 2.57 bits per heavy atom. The van der Waals surface area contributed by atoms with E-state index >= 15 is 0 Å². The van der Waals surface area contributed by atoms with Crippen LogP contribution in [0.2, 0.25) is 0 Å². The van der Waals surface area contributed by atoms with Crippen LogP contribution >= 0.6 is 43.2 Å². The van der Waals surface area contributed by atoms with E-state index in [-0.39, 0.29) is 11.9 Å². The number of ether oxygens (including phenoxy) is 1. The molecule has 21 heavy (non-hydrogen) atoms. The number of thiophene rings is 1. The first-order chi connectivity index (χ1) is 9.95. The molecule has 0 spiro atoms. The van der Waals surface area contributed by atoms with Crippen LogP contribution in [0.15, 0.2) is 38.6 Å². The summed E-state index contributed by atoms with van der Waals surface area (Å²) in [6, 6.07) is 9.52. The maximum atomic E-state index is 12.6. The Morgan fingerprint density at radius 2 is 2.00 bits per heavy atom. The van der Waals surface area contributed by atoms with Gasteiger partial charge in [-0.05, 0) is 50.9 Å². The van der Waals surface area contributed by atoms with Crippen molar-refractivity contribution in [2.24, 2.45) is 0 Å². The molecule has 1 amide bonds. The molecule has 2 aromatic rings. The van der Waals surface area contributed by atoms with Gasteiger partial charge in [0.1, 0.15) is 5.75 Å². The molecule has 0 fully saturated rings. The second kappa shape index (κ2) is 6.94. The lowest BCUT2D eigenvalue weighted by Gasteiger charge is -2.26. The van der Waals surface area contributed by atoms with Crippen LogP contribution in [0.3, 0.4) is 0 Å². The van der Waals surface area contributed by atoms with Gasteiger partial charge in [0.05, 0.1) is 21.8 Å². The molecule has 1 heterocycles. The molecular weight excluding hydrogens is 418 g/mol. The normalized spacial score (nSPS) is 12.0. The highest BCUT2D eigenvalue weighted by molar-refractivity contribution is 9.13. The predicted molar refractivity (Wildman–Crippen MR) is 93.2 cm³/mol. The molecule has 0 radical (unpaired) electrons. The van der Waals surface area contributed by atoms with E-state index < -0.39 is 0 Å². The predicted octanol–water partition coefficient (Wildman–Crippen LogP) is 5.11. The standard InChI is InChI=1S/C15H15Br2NO2S/c1-9(10-6-4-5-7-12(10)20-3)18(2)15(19)13-8-11(16)14(17)21-13/h4-9H,1-3H3/t9-/m1/s1. The first-order valence-corrected chi connectivity index (χ1v) is 8.70. The summed E-state index contributed by atoms with van der Waals surface area (Å²) in [5.74, 6) is 0.781. The van der Waals surface area contributed by atoms with E-state index in [9.17, 15) is 4.79 Å². The third kappa shape index (κ3) is 3.49. The third-order valence-corrected chi connectivity index (χ3v) is 6.59. The van der Waals surface area contributed by atoms with Crippen molar-refractivity contribution in [3.05, 3.63) is 49.0 Å². The summed E-state index contributed by atoms with van der Waals surface area (Å²) in [5, 5.41) is 0. The molecule has 0 saturated heterocycles. The maximum Gasteiger partial charge on any atom is 0.264 e. The van der Waals surface area contributed by atoms with Gasteiger partial charge in [-0.25, -0.2) is 0 Å². The smallest absolute Gasteiger partial charge is 0.264 e. The van der Waals surface area contributed by atoms with Crippen LogP contribution in [0.5, 0.6) is 5.75 Å². The average molecular weight is 433 g/mol. The number of para-hydroxylation sites is 1. The van der Waals surface area contributed by atoms with Gasteiger partial charge in [0.25, 0.3) is 5.91 Å². The van der Waals surface area contributed by atoms with E-state index in [0.29, 0.717) is 4.88 Å². The Hall–Kier alpha value is -0.850. The van der Waals surface area contributed by atoms with Gasteiger partial charge in [0.2, 0.25) is 0 Å². The topological polar surface area (TPSA) is 29.5 Å². The van der Waals surface area contributed by atoms with Gasteiger partial charge in [-0.15, -0.1) is 11.3 Å². The number of halogens is 2. The molecule has 0 aliphatic heterocycles. The van der Waals surface area contributed by atoms with E-state index in [0.717, 1.165) is 19.6 Å². The Labute approximate surface area is 145 Å². The SMILES string of the molecule is COc1ccccc1[C@@H](C)N(C)C(=O)c1cc(Br)c(Br)s1. The first kappa shape index (κ1) is 16.5. The number of hydrogen-bond acceptors (Lipinski definition) is 3. The van der Waals surface area contributed by atoms with Gasteiger partial charge < -0.3 is 9.64 Å². The molecule has 0 N–H and O–H groups in total. The van der Waals surface area contributed by atoms with Crippen LogP contribution in [0.4, 0.5) is 0 Å². The molecule has 1 atom stereocenters. The maximum absolute atomic E-state index is 12.6. The van der Waals surface area contributed by atoms with Crippen LogP contribution in [-0.2, 0) is 0 Å². The fourth-order valence-electron chi connectivity index (χ4n) is 2.02. The molecule has 0 bridgehead atoms. The van der Waals surface area contributed by atoms with Crippen molar-refractivity contribution < 1.29 is 9.53 Å². The average Bonchev–Trinajstić information content (AvgIpc) is 2.84. The number of amides is 1. The molecule has 1 aromatic heterocycles. The summed E-state index contributed by atoms with van der Waals surface area (Å²) < 4.78 is 7.19. The van der Waals surface area contributed by atoms with Crippen molar-refractivity contribution >= 4 is 49.1 Å². The van der Waals surface area contributed by atoms with Gasteiger partial charge >= 0.3 is 0 Å². The number of benzene rings is 1. The van der Waals surface area contributed by atoms with Crippen LogP contribution in [0.1, 0.15) is 28.2 Å². The second-order valence-corrected chi connectivity index (χ2v) is 7.79. The second-order valence-electron chi connectivity index (χ2n) is 4.57. The van der Waals surface area contributed by atoms with Crippen molar-refractivity contribution in [2.75, 3.05) is 14.2 Å². The third-order valence-electron chi connectivity index (χ3n) is 3.35. The van der Waals surface area contributed by atoms with Crippen LogP contribution < -0.4 is 4.74 Å². The zero-order valence-corrected chi connectivity index (χ0v) is 15.9. The minimum Gasteiger partial charge on any atom is -0.496 e. The Bertz CT molecular complexity index is 637. The number of carbonyl (C=O) groups excluding carboxylic acids is 1. The minimum atomic E-state index is -0.0756. The zero-order valence-electron chi connectivity index (χ0n) is 11.9. The molecule has 0 aliphatic carbocycles. The van der Waals surface area contributed by atoms with Crippen molar-refractivity contribution in [3.8, 4) is 5.75 Å². The van der Waals surface area contributed by atoms with E-state index in [2.05, 4.69) is 31.9 Å². The number of methoxy groups -OCH3 is 1. The van der Waals surface area contributed by atoms with Gasteiger partial charge in [-0.1, -0.05) is 18.2 Å². The number of rotatable bonds is 4. The summed E-state index contributed by atoms with van der Waals surface area (Å²) in [6.45, 7) is 1.99. The molecule has 0 aliphatic rings. The van der Waals surface area contributed by atoms with Crippen molar-refractivity contribution in [1.82, 2.24) is 4.90 Å². The van der Waals surface area contributed by atoms with Gasteiger partial charge in [-0.3, -0.25) is 4.79 Å². The Kier molecular flexibility index (Phi) is 5.46.